The van der Waals surface area contributed by atoms with Crippen molar-refractivity contribution in [3.05, 3.63) is 12.4 Å². The first kappa shape index (κ1) is 16.3. The number of nitrogens with zero attached hydrogens (tertiary/aromatic N) is 2. The van der Waals surface area contributed by atoms with Gasteiger partial charge in [-0.3, -0.25) is 0 Å². The maximum Gasteiger partial charge on any atom is 0.267 e. The first-order valence-corrected chi connectivity index (χ1v) is 8.80. The van der Waals surface area contributed by atoms with Crippen LogP contribution >= 0.6 is 0 Å². The molecule has 0 spiro atoms. The molecule has 19 heavy (non-hydrogen) atoms. The number of rotatable bonds is 9. The van der Waals surface area contributed by atoms with Crippen molar-refractivity contribution < 1.29 is 12.6 Å². The van der Waals surface area contributed by atoms with E-state index in [1.165, 1.54) is 32.1 Å². The van der Waals surface area contributed by atoms with Gasteiger partial charge in [0.25, 0.3) is 10.1 Å². The third kappa shape index (κ3) is 6.29. The van der Waals surface area contributed by atoms with Crippen LogP contribution < -0.4 is 0 Å². The number of unbranched alkanes of at least 4 members (excludes halogenated alkanes) is 5. The monoisotopic (exact) mass is 290 g/mol. The van der Waals surface area contributed by atoms with E-state index in [2.05, 4.69) is 6.92 Å². The Bertz CT molecular complexity index is 381. The molecule has 0 aromatic heterocycles. The molecule has 1 unspecified atom stereocenters. The molecule has 6 heteroatoms. The molecular formula is C13H26N2O3S. The zero-order valence-corrected chi connectivity index (χ0v) is 13.0. The zero-order chi connectivity index (χ0) is 14.3. The molecule has 1 rings (SSSR count). The van der Waals surface area contributed by atoms with Gasteiger partial charge in [0.15, 0.2) is 0 Å². The second-order valence-corrected chi connectivity index (χ2v) is 6.70. The summed E-state index contributed by atoms with van der Waals surface area (Å²) in [4.78, 5) is 3.69. The summed E-state index contributed by atoms with van der Waals surface area (Å²) in [6.07, 6.45) is 11.6. The molecule has 0 saturated heterocycles. The summed E-state index contributed by atoms with van der Waals surface area (Å²) in [5.74, 6) is 0. The van der Waals surface area contributed by atoms with Crippen molar-refractivity contribution in [2.24, 2.45) is 0 Å². The summed E-state index contributed by atoms with van der Waals surface area (Å²) in [5.41, 5.74) is 0. The highest BCUT2D eigenvalue weighted by Crippen LogP contribution is 2.18. The molecule has 0 aromatic rings. The van der Waals surface area contributed by atoms with Gasteiger partial charge in [-0.15, -0.1) is 0 Å². The fraction of sp³-hybridized carbons (Fsp3) is 0.846. The van der Waals surface area contributed by atoms with Crippen LogP contribution in [-0.2, 0) is 14.3 Å². The Morgan fingerprint density at radius 1 is 1.11 bits per heavy atom. The maximum atomic E-state index is 11.2. The Balaban J connectivity index is 2.29. The Kier molecular flexibility index (Phi) is 6.65. The van der Waals surface area contributed by atoms with Crippen LogP contribution in [0.1, 0.15) is 45.4 Å². The second-order valence-electron chi connectivity index (χ2n) is 5.10. The van der Waals surface area contributed by atoms with Gasteiger partial charge in [0, 0.05) is 26.0 Å². The highest BCUT2D eigenvalue weighted by Gasteiger charge is 2.27. The second kappa shape index (κ2) is 7.75. The van der Waals surface area contributed by atoms with Crippen molar-refractivity contribution in [1.29, 1.82) is 0 Å². The van der Waals surface area contributed by atoms with Crippen LogP contribution in [0.3, 0.4) is 0 Å². The van der Waals surface area contributed by atoms with Crippen LogP contribution in [0.2, 0.25) is 0 Å². The lowest BCUT2D eigenvalue weighted by Gasteiger charge is -2.28. The summed E-state index contributed by atoms with van der Waals surface area (Å²) in [6.45, 7) is 3.03. The quantitative estimate of drug-likeness (QED) is 0.482. The molecule has 0 aliphatic carbocycles. The van der Waals surface area contributed by atoms with Crippen molar-refractivity contribution in [2.45, 2.75) is 51.8 Å². The molecule has 0 saturated carbocycles. The van der Waals surface area contributed by atoms with E-state index in [0.717, 1.165) is 19.2 Å². The smallest absolute Gasteiger partial charge is 0.267 e. The van der Waals surface area contributed by atoms with Gasteiger partial charge < -0.3 is 9.80 Å². The molecule has 1 aliphatic rings. The zero-order valence-electron chi connectivity index (χ0n) is 12.2. The molecule has 1 aliphatic heterocycles. The number of hydrogen-bond donors (Lipinski definition) is 0. The van der Waals surface area contributed by atoms with Gasteiger partial charge in [0.2, 0.25) is 6.35 Å². The molecule has 0 aromatic carbocycles. The van der Waals surface area contributed by atoms with Crippen molar-refractivity contribution in [3.8, 4) is 0 Å². The van der Waals surface area contributed by atoms with Crippen molar-refractivity contribution >= 4 is 10.1 Å². The average Bonchev–Trinajstić information content (AvgIpc) is 2.64. The molecule has 0 N–H and O–H groups in total. The molecule has 0 fully saturated rings. The highest BCUT2D eigenvalue weighted by atomic mass is 32.2. The van der Waals surface area contributed by atoms with Gasteiger partial charge in [-0.1, -0.05) is 39.0 Å². The molecular weight excluding hydrogens is 264 g/mol. The molecule has 5 nitrogen and oxygen atoms in total. The normalized spacial score (nSPS) is 19.4. The van der Waals surface area contributed by atoms with Gasteiger partial charge in [0.05, 0.1) is 6.26 Å². The number of hydrogen-bond acceptors (Lipinski definition) is 5. The standard InChI is InChI=1S/C13H26N2O3S/c1-4-5-6-7-8-9-10-15-12-11-14(2)13(15)18-19(3,16)17/h11-13H,4-10H2,1-3H3. The minimum atomic E-state index is -3.44. The van der Waals surface area contributed by atoms with Gasteiger partial charge in [0.1, 0.15) is 0 Å². The lowest BCUT2D eigenvalue weighted by molar-refractivity contribution is -0.00832. The van der Waals surface area contributed by atoms with Crippen molar-refractivity contribution in [3.63, 3.8) is 0 Å². The third-order valence-electron chi connectivity index (χ3n) is 3.16. The van der Waals surface area contributed by atoms with Crippen LogP contribution in [-0.4, -0.2) is 44.4 Å². The van der Waals surface area contributed by atoms with E-state index in [0.29, 0.717) is 0 Å². The summed E-state index contributed by atoms with van der Waals surface area (Å²) in [7, 11) is -1.63. The highest BCUT2D eigenvalue weighted by molar-refractivity contribution is 7.86. The van der Waals surface area contributed by atoms with Gasteiger partial charge in [-0.05, 0) is 6.42 Å². The predicted molar refractivity (Wildman–Crippen MR) is 76.7 cm³/mol. The fourth-order valence-corrected chi connectivity index (χ4v) is 2.67. The Hall–Kier alpha value is -0.750. The predicted octanol–water partition coefficient (Wildman–Crippen LogP) is 2.33. The topological polar surface area (TPSA) is 49.9 Å². The first-order valence-electron chi connectivity index (χ1n) is 6.98. The molecule has 1 heterocycles. The lowest BCUT2D eigenvalue weighted by atomic mass is 10.1. The minimum absolute atomic E-state index is 0.523. The molecule has 0 amide bonds. The molecule has 1 atom stereocenters. The van der Waals surface area contributed by atoms with Crippen LogP contribution in [0.4, 0.5) is 0 Å². The Morgan fingerprint density at radius 2 is 1.74 bits per heavy atom. The van der Waals surface area contributed by atoms with Crippen LogP contribution in [0.15, 0.2) is 12.4 Å². The summed E-state index contributed by atoms with van der Waals surface area (Å²) in [5, 5.41) is 0. The molecule has 0 radical (unpaired) electrons. The van der Waals surface area contributed by atoms with Gasteiger partial charge in [-0.2, -0.15) is 8.42 Å². The maximum absolute atomic E-state index is 11.2. The van der Waals surface area contributed by atoms with E-state index in [1.807, 2.05) is 24.3 Å². The Labute approximate surface area is 117 Å². The van der Waals surface area contributed by atoms with E-state index in [9.17, 15) is 8.42 Å². The minimum Gasteiger partial charge on any atom is -0.336 e. The molecule has 112 valence electrons. The SMILES string of the molecule is CCCCCCCCN1C=CN(C)C1OS(C)(=O)=O. The van der Waals surface area contributed by atoms with E-state index < -0.39 is 16.5 Å². The van der Waals surface area contributed by atoms with E-state index in [-0.39, 0.29) is 0 Å². The summed E-state index contributed by atoms with van der Waals surface area (Å²) >= 11 is 0. The third-order valence-corrected chi connectivity index (χ3v) is 3.68. The van der Waals surface area contributed by atoms with E-state index in [1.54, 1.807) is 4.90 Å². The van der Waals surface area contributed by atoms with Crippen molar-refractivity contribution in [2.75, 3.05) is 19.8 Å². The Morgan fingerprint density at radius 3 is 2.37 bits per heavy atom. The van der Waals surface area contributed by atoms with Crippen LogP contribution in [0, 0.1) is 0 Å². The first-order chi connectivity index (χ1) is 8.94. The van der Waals surface area contributed by atoms with Gasteiger partial charge >= 0.3 is 0 Å². The summed E-state index contributed by atoms with van der Waals surface area (Å²) < 4.78 is 27.5. The summed E-state index contributed by atoms with van der Waals surface area (Å²) in [6, 6.07) is 0. The van der Waals surface area contributed by atoms with Crippen LogP contribution in [0.25, 0.3) is 0 Å². The van der Waals surface area contributed by atoms with Gasteiger partial charge in [-0.25, -0.2) is 4.18 Å². The van der Waals surface area contributed by atoms with Crippen molar-refractivity contribution in [1.82, 2.24) is 9.80 Å². The fourth-order valence-electron chi connectivity index (χ4n) is 2.11. The molecule has 0 bridgehead atoms. The lowest BCUT2D eigenvalue weighted by Crippen LogP contribution is -2.40. The van der Waals surface area contributed by atoms with E-state index in [4.69, 9.17) is 4.18 Å². The average molecular weight is 290 g/mol. The van der Waals surface area contributed by atoms with Crippen LogP contribution in [0.5, 0.6) is 0 Å². The van der Waals surface area contributed by atoms with E-state index >= 15 is 0 Å². The largest absolute Gasteiger partial charge is 0.336 e.